The summed E-state index contributed by atoms with van der Waals surface area (Å²) in [5.41, 5.74) is 0.351. The third kappa shape index (κ3) is 6.41. The van der Waals surface area contributed by atoms with E-state index in [1.807, 2.05) is 0 Å². The number of carbonyl (C=O) groups excluding carboxylic acids is 1. The number of benzene rings is 1. The molecule has 1 aromatic rings. The SMILES string of the molecule is CC(C)CCCNC(=O)c1cccc(S(=O)(=O)NCC2CCCO2)c1. The zero-order valence-corrected chi connectivity index (χ0v) is 15.8. The minimum atomic E-state index is -3.65. The van der Waals surface area contributed by atoms with E-state index in [1.165, 1.54) is 12.1 Å². The molecule has 25 heavy (non-hydrogen) atoms. The molecule has 1 heterocycles. The molecule has 1 fully saturated rings. The standard InChI is InChI=1S/C18H28N2O4S/c1-14(2)6-4-10-19-18(21)15-7-3-9-17(12-15)25(22,23)20-13-16-8-5-11-24-16/h3,7,9,12,14,16,20H,4-6,8,10-11,13H2,1-2H3,(H,19,21). The third-order valence-corrected chi connectivity index (χ3v) is 5.60. The molecule has 1 atom stereocenters. The van der Waals surface area contributed by atoms with Gasteiger partial charge < -0.3 is 10.1 Å². The predicted octanol–water partition coefficient (Wildman–Crippen LogP) is 2.31. The minimum Gasteiger partial charge on any atom is -0.377 e. The highest BCUT2D eigenvalue weighted by atomic mass is 32.2. The van der Waals surface area contributed by atoms with Gasteiger partial charge in [-0.15, -0.1) is 0 Å². The summed E-state index contributed by atoms with van der Waals surface area (Å²) >= 11 is 0. The van der Waals surface area contributed by atoms with Crippen molar-refractivity contribution < 1.29 is 17.9 Å². The zero-order chi connectivity index (χ0) is 18.3. The van der Waals surface area contributed by atoms with E-state index >= 15 is 0 Å². The van der Waals surface area contributed by atoms with Gasteiger partial charge in [0.25, 0.3) is 5.91 Å². The average molecular weight is 368 g/mol. The second-order valence-corrected chi connectivity index (χ2v) is 8.57. The van der Waals surface area contributed by atoms with Crippen LogP contribution in [0.15, 0.2) is 29.2 Å². The summed E-state index contributed by atoms with van der Waals surface area (Å²) in [7, 11) is -3.65. The highest BCUT2D eigenvalue weighted by Crippen LogP contribution is 2.14. The highest BCUT2D eigenvalue weighted by Gasteiger charge is 2.21. The van der Waals surface area contributed by atoms with Crippen LogP contribution >= 0.6 is 0 Å². The first kappa shape index (κ1) is 19.9. The molecule has 1 amide bonds. The highest BCUT2D eigenvalue weighted by molar-refractivity contribution is 7.89. The molecule has 6 nitrogen and oxygen atoms in total. The Hall–Kier alpha value is -1.44. The Bertz CT molecular complexity index is 667. The summed E-state index contributed by atoms with van der Waals surface area (Å²) < 4.78 is 32.8. The molecule has 1 unspecified atom stereocenters. The van der Waals surface area contributed by atoms with Gasteiger partial charge in [0.1, 0.15) is 0 Å². The summed E-state index contributed by atoms with van der Waals surface area (Å²) in [4.78, 5) is 12.3. The van der Waals surface area contributed by atoms with Gasteiger partial charge in [0.2, 0.25) is 10.0 Å². The van der Waals surface area contributed by atoms with Crippen molar-refractivity contribution in [2.45, 2.75) is 50.5 Å². The molecule has 1 aliphatic rings. The Kier molecular flexibility index (Phi) is 7.40. The predicted molar refractivity (Wildman–Crippen MR) is 97.0 cm³/mol. The lowest BCUT2D eigenvalue weighted by molar-refractivity contribution is 0.0952. The lowest BCUT2D eigenvalue weighted by Crippen LogP contribution is -2.32. The van der Waals surface area contributed by atoms with Crippen LogP contribution in [-0.4, -0.2) is 40.1 Å². The average Bonchev–Trinajstić information content (AvgIpc) is 3.10. The molecular weight excluding hydrogens is 340 g/mol. The van der Waals surface area contributed by atoms with Crippen LogP contribution in [0.2, 0.25) is 0 Å². The van der Waals surface area contributed by atoms with Crippen molar-refractivity contribution in [2.75, 3.05) is 19.7 Å². The smallest absolute Gasteiger partial charge is 0.251 e. The van der Waals surface area contributed by atoms with Gasteiger partial charge in [0, 0.05) is 25.3 Å². The van der Waals surface area contributed by atoms with E-state index in [0.717, 1.165) is 25.7 Å². The summed E-state index contributed by atoms with van der Waals surface area (Å²) in [5, 5.41) is 2.84. The van der Waals surface area contributed by atoms with Gasteiger partial charge >= 0.3 is 0 Å². The molecule has 0 saturated carbocycles. The lowest BCUT2D eigenvalue weighted by atomic mass is 10.1. The van der Waals surface area contributed by atoms with Gasteiger partial charge in [-0.05, 0) is 49.8 Å². The van der Waals surface area contributed by atoms with Gasteiger partial charge in [-0.1, -0.05) is 19.9 Å². The first-order valence-electron chi connectivity index (χ1n) is 8.88. The maximum Gasteiger partial charge on any atom is 0.251 e. The van der Waals surface area contributed by atoms with E-state index in [-0.39, 0.29) is 23.5 Å². The summed E-state index contributed by atoms with van der Waals surface area (Å²) in [5.74, 6) is 0.347. The number of sulfonamides is 1. The maximum absolute atomic E-state index is 12.4. The molecule has 0 spiro atoms. The number of carbonyl (C=O) groups is 1. The topological polar surface area (TPSA) is 84.5 Å². The van der Waals surface area contributed by atoms with Crippen LogP contribution in [0.3, 0.4) is 0 Å². The monoisotopic (exact) mass is 368 g/mol. The second-order valence-electron chi connectivity index (χ2n) is 6.81. The number of amides is 1. The largest absolute Gasteiger partial charge is 0.377 e. The second kappa shape index (κ2) is 9.31. The molecule has 0 radical (unpaired) electrons. The molecule has 2 N–H and O–H groups in total. The Labute approximate surface area is 150 Å². The van der Waals surface area contributed by atoms with Crippen molar-refractivity contribution >= 4 is 15.9 Å². The van der Waals surface area contributed by atoms with Crippen molar-refractivity contribution in [3.8, 4) is 0 Å². The van der Waals surface area contributed by atoms with Crippen molar-refractivity contribution in [1.82, 2.24) is 10.0 Å². The van der Waals surface area contributed by atoms with Crippen LogP contribution in [0.25, 0.3) is 0 Å². The summed E-state index contributed by atoms with van der Waals surface area (Å²) in [6.07, 6.45) is 3.70. The van der Waals surface area contributed by atoms with Gasteiger partial charge in [-0.3, -0.25) is 4.79 Å². The van der Waals surface area contributed by atoms with Gasteiger partial charge in [0.15, 0.2) is 0 Å². The van der Waals surface area contributed by atoms with Crippen LogP contribution in [-0.2, 0) is 14.8 Å². The van der Waals surface area contributed by atoms with Crippen molar-refractivity contribution in [3.63, 3.8) is 0 Å². The molecule has 0 aliphatic carbocycles. The van der Waals surface area contributed by atoms with E-state index in [9.17, 15) is 13.2 Å². The number of rotatable bonds is 9. The molecule has 140 valence electrons. The third-order valence-electron chi connectivity index (χ3n) is 4.18. The van der Waals surface area contributed by atoms with E-state index in [2.05, 4.69) is 23.9 Å². The van der Waals surface area contributed by atoms with E-state index in [4.69, 9.17) is 4.74 Å². The van der Waals surface area contributed by atoms with Crippen LogP contribution in [0, 0.1) is 5.92 Å². The van der Waals surface area contributed by atoms with Crippen LogP contribution in [0.4, 0.5) is 0 Å². The molecule has 1 aliphatic heterocycles. The summed E-state index contributed by atoms with van der Waals surface area (Å²) in [6.45, 7) is 5.80. The number of nitrogens with one attached hydrogen (secondary N) is 2. The van der Waals surface area contributed by atoms with E-state index in [1.54, 1.807) is 12.1 Å². The normalized spacial score (nSPS) is 17.8. The van der Waals surface area contributed by atoms with Crippen LogP contribution in [0.5, 0.6) is 0 Å². The molecule has 1 saturated heterocycles. The Morgan fingerprint density at radius 1 is 1.36 bits per heavy atom. The van der Waals surface area contributed by atoms with Crippen molar-refractivity contribution in [3.05, 3.63) is 29.8 Å². The zero-order valence-electron chi connectivity index (χ0n) is 15.0. The molecule has 0 bridgehead atoms. The fraction of sp³-hybridized carbons (Fsp3) is 0.611. The number of hydrogen-bond donors (Lipinski definition) is 2. The molecular formula is C18H28N2O4S. The lowest BCUT2D eigenvalue weighted by Gasteiger charge is -2.12. The van der Waals surface area contributed by atoms with Gasteiger partial charge in [-0.2, -0.15) is 0 Å². The summed E-state index contributed by atoms with van der Waals surface area (Å²) in [6, 6.07) is 6.11. The van der Waals surface area contributed by atoms with Crippen LogP contribution < -0.4 is 10.0 Å². The number of ether oxygens (including phenoxy) is 1. The van der Waals surface area contributed by atoms with E-state index < -0.39 is 10.0 Å². The van der Waals surface area contributed by atoms with Gasteiger partial charge in [0.05, 0.1) is 11.0 Å². The van der Waals surface area contributed by atoms with Crippen molar-refractivity contribution in [1.29, 1.82) is 0 Å². The molecule has 0 aromatic heterocycles. The molecule has 7 heteroatoms. The van der Waals surface area contributed by atoms with E-state index in [0.29, 0.717) is 24.6 Å². The fourth-order valence-corrected chi connectivity index (χ4v) is 3.82. The van der Waals surface area contributed by atoms with Crippen molar-refractivity contribution in [2.24, 2.45) is 5.92 Å². The minimum absolute atomic E-state index is 0.0674. The maximum atomic E-state index is 12.4. The Balaban J connectivity index is 1.93. The Morgan fingerprint density at radius 2 is 2.16 bits per heavy atom. The Morgan fingerprint density at radius 3 is 2.84 bits per heavy atom. The van der Waals surface area contributed by atoms with Crippen LogP contribution in [0.1, 0.15) is 49.9 Å². The number of hydrogen-bond acceptors (Lipinski definition) is 4. The quantitative estimate of drug-likeness (QED) is 0.655. The van der Waals surface area contributed by atoms with Gasteiger partial charge in [-0.25, -0.2) is 13.1 Å². The first-order valence-corrected chi connectivity index (χ1v) is 10.4. The fourth-order valence-electron chi connectivity index (χ4n) is 2.71. The molecule has 2 rings (SSSR count). The first-order chi connectivity index (χ1) is 11.9. The molecule has 1 aromatic carbocycles.